The van der Waals surface area contributed by atoms with Gasteiger partial charge < -0.3 is 14.2 Å². The number of likely N-dealkylation sites (N-methyl/N-ethyl adjacent to an activating group) is 1. The van der Waals surface area contributed by atoms with Gasteiger partial charge in [-0.15, -0.1) is 0 Å². The van der Waals surface area contributed by atoms with E-state index in [-0.39, 0.29) is 11.7 Å². The second-order valence-corrected chi connectivity index (χ2v) is 7.35. The number of carbonyl (C=O) groups excluding carboxylic acids is 1. The fourth-order valence-electron chi connectivity index (χ4n) is 4.05. The van der Waals surface area contributed by atoms with E-state index in [4.69, 9.17) is 9.72 Å². The Bertz CT molecular complexity index is 784. The fourth-order valence-corrected chi connectivity index (χ4v) is 4.05. The quantitative estimate of drug-likeness (QED) is 0.869. The van der Waals surface area contributed by atoms with Crippen LogP contribution in [0.5, 0.6) is 0 Å². The molecule has 1 aromatic carbocycles. The number of imidazole rings is 1. The lowest BCUT2D eigenvalue weighted by atomic mass is 10.0. The first-order chi connectivity index (χ1) is 11.5. The van der Waals surface area contributed by atoms with Crippen molar-refractivity contribution in [3.8, 4) is 0 Å². The molecule has 0 N–H and O–H groups in total. The largest absolute Gasteiger partial charge is 0.439 e. The Morgan fingerprint density at radius 2 is 2.08 bits per heavy atom. The zero-order valence-electron chi connectivity index (χ0n) is 14.5. The summed E-state index contributed by atoms with van der Waals surface area (Å²) in [4.78, 5) is 20.6. The van der Waals surface area contributed by atoms with Gasteiger partial charge in [-0.3, -0.25) is 4.90 Å². The monoisotopic (exact) mass is 328 g/mol. The molecule has 0 radical (unpaired) electrons. The number of nitrogens with zero attached hydrogens (tertiary/aromatic N) is 4. The van der Waals surface area contributed by atoms with Crippen molar-refractivity contribution < 1.29 is 9.53 Å². The molecule has 2 saturated heterocycles. The summed E-state index contributed by atoms with van der Waals surface area (Å²) in [5.74, 6) is 1.08. The van der Waals surface area contributed by atoms with Gasteiger partial charge in [0.05, 0.1) is 24.1 Å². The molecule has 2 aliphatic rings. The molecule has 6 heteroatoms. The molecule has 1 aromatic heterocycles. The van der Waals surface area contributed by atoms with Crippen molar-refractivity contribution in [2.75, 3.05) is 26.7 Å². The number of rotatable bonds is 3. The highest BCUT2D eigenvalue weighted by Crippen LogP contribution is 2.33. The normalized spacial score (nSPS) is 24.7. The predicted octanol–water partition coefficient (Wildman–Crippen LogP) is 2.64. The maximum absolute atomic E-state index is 11.7. The zero-order chi connectivity index (χ0) is 16.9. The maximum Gasteiger partial charge on any atom is 0.410 e. The fraction of sp³-hybridized carbons (Fsp3) is 0.556. The van der Waals surface area contributed by atoms with Crippen LogP contribution in [0.4, 0.5) is 4.79 Å². The van der Waals surface area contributed by atoms with Crippen molar-refractivity contribution in [1.82, 2.24) is 19.4 Å². The molecule has 0 saturated carbocycles. The zero-order valence-corrected chi connectivity index (χ0v) is 14.5. The van der Waals surface area contributed by atoms with Crippen LogP contribution in [0.25, 0.3) is 11.0 Å². The highest BCUT2D eigenvalue weighted by Gasteiger charge is 2.48. The number of carbonyl (C=O) groups is 1. The number of benzene rings is 1. The average Bonchev–Trinajstić information content (AvgIpc) is 3.16. The molecule has 3 heterocycles. The van der Waals surface area contributed by atoms with Crippen LogP contribution >= 0.6 is 0 Å². The van der Waals surface area contributed by atoms with E-state index in [0.717, 1.165) is 37.4 Å². The molecule has 128 valence electrons. The first-order valence-corrected chi connectivity index (χ1v) is 8.60. The number of fused-ring (bicyclic) bond motifs is 1. The van der Waals surface area contributed by atoms with Gasteiger partial charge in [0.15, 0.2) is 0 Å². The standard InChI is InChI=1S/C18H24N4O2/c1-13(2)22-15-7-5-4-6-14(15)19-16(22)10-21-9-8-18(12-21)11-20(3)17(23)24-18/h4-7,13H,8-12H2,1-3H3. The third-order valence-electron chi connectivity index (χ3n) is 5.09. The minimum absolute atomic E-state index is 0.203. The summed E-state index contributed by atoms with van der Waals surface area (Å²) in [6, 6.07) is 8.65. The van der Waals surface area contributed by atoms with E-state index < -0.39 is 0 Å². The second kappa shape index (κ2) is 5.48. The van der Waals surface area contributed by atoms with E-state index in [2.05, 4.69) is 41.5 Å². The molecule has 1 atom stereocenters. The van der Waals surface area contributed by atoms with E-state index in [1.54, 1.807) is 11.9 Å². The molecule has 4 rings (SSSR count). The SMILES string of the molecule is CC(C)n1c(CN2CCC3(C2)CN(C)C(=O)O3)nc2ccccc21. The number of hydrogen-bond donors (Lipinski definition) is 0. The minimum atomic E-state index is -0.333. The molecule has 2 aliphatic heterocycles. The third-order valence-corrected chi connectivity index (χ3v) is 5.09. The van der Waals surface area contributed by atoms with Crippen molar-refractivity contribution in [1.29, 1.82) is 0 Å². The van der Waals surface area contributed by atoms with Gasteiger partial charge in [-0.05, 0) is 26.0 Å². The summed E-state index contributed by atoms with van der Waals surface area (Å²) in [5, 5.41) is 0. The lowest BCUT2D eigenvalue weighted by Gasteiger charge is -2.22. The van der Waals surface area contributed by atoms with Crippen LogP contribution in [0.3, 0.4) is 0 Å². The van der Waals surface area contributed by atoms with Gasteiger partial charge in [-0.25, -0.2) is 9.78 Å². The first kappa shape index (κ1) is 15.4. The van der Waals surface area contributed by atoms with E-state index >= 15 is 0 Å². The van der Waals surface area contributed by atoms with Crippen LogP contribution in [-0.2, 0) is 11.3 Å². The molecule has 2 aromatic rings. The van der Waals surface area contributed by atoms with Crippen molar-refractivity contribution in [2.45, 2.75) is 38.5 Å². The van der Waals surface area contributed by atoms with Gasteiger partial charge in [0, 0.05) is 32.6 Å². The Kier molecular flexibility index (Phi) is 3.53. The van der Waals surface area contributed by atoms with Crippen LogP contribution in [0.1, 0.15) is 32.1 Å². The molecule has 6 nitrogen and oxygen atoms in total. The number of likely N-dealkylation sites (tertiary alicyclic amines) is 1. The van der Waals surface area contributed by atoms with Gasteiger partial charge in [-0.2, -0.15) is 0 Å². The number of amides is 1. The highest BCUT2D eigenvalue weighted by molar-refractivity contribution is 5.76. The van der Waals surface area contributed by atoms with Crippen LogP contribution < -0.4 is 0 Å². The summed E-state index contributed by atoms with van der Waals surface area (Å²) in [5.41, 5.74) is 1.89. The molecule has 24 heavy (non-hydrogen) atoms. The molecule has 1 spiro atoms. The van der Waals surface area contributed by atoms with Gasteiger partial charge in [0.1, 0.15) is 11.4 Å². The van der Waals surface area contributed by atoms with Crippen LogP contribution in [0.15, 0.2) is 24.3 Å². The van der Waals surface area contributed by atoms with Crippen LogP contribution in [0.2, 0.25) is 0 Å². The second-order valence-electron chi connectivity index (χ2n) is 7.35. The van der Waals surface area contributed by atoms with Gasteiger partial charge in [-0.1, -0.05) is 12.1 Å². The number of aromatic nitrogens is 2. The molecular formula is C18H24N4O2. The van der Waals surface area contributed by atoms with Crippen molar-refractivity contribution in [3.05, 3.63) is 30.1 Å². The topological polar surface area (TPSA) is 50.6 Å². The number of hydrogen-bond acceptors (Lipinski definition) is 4. The molecule has 1 amide bonds. The van der Waals surface area contributed by atoms with Crippen molar-refractivity contribution in [2.24, 2.45) is 0 Å². The average molecular weight is 328 g/mol. The lowest BCUT2D eigenvalue weighted by Crippen LogP contribution is -2.37. The van der Waals surface area contributed by atoms with Crippen molar-refractivity contribution in [3.63, 3.8) is 0 Å². The first-order valence-electron chi connectivity index (χ1n) is 8.60. The smallest absolute Gasteiger partial charge is 0.410 e. The molecule has 2 fully saturated rings. The van der Waals surface area contributed by atoms with E-state index in [9.17, 15) is 4.79 Å². The third kappa shape index (κ3) is 2.45. The van der Waals surface area contributed by atoms with Gasteiger partial charge in [0.25, 0.3) is 0 Å². The van der Waals surface area contributed by atoms with Crippen LogP contribution in [0, 0.1) is 0 Å². The summed E-state index contributed by atoms with van der Waals surface area (Å²) in [7, 11) is 1.80. The number of para-hydroxylation sites is 2. The minimum Gasteiger partial charge on any atom is -0.439 e. The molecule has 0 aliphatic carbocycles. The summed E-state index contributed by atoms with van der Waals surface area (Å²) in [6.07, 6.45) is 0.691. The van der Waals surface area contributed by atoms with Gasteiger partial charge >= 0.3 is 6.09 Å². The van der Waals surface area contributed by atoms with Crippen LogP contribution in [-0.4, -0.2) is 57.7 Å². The van der Waals surface area contributed by atoms with Gasteiger partial charge in [0.2, 0.25) is 0 Å². The Morgan fingerprint density at radius 3 is 2.79 bits per heavy atom. The summed E-state index contributed by atoms with van der Waals surface area (Å²) < 4.78 is 7.96. The Hall–Kier alpha value is -2.08. The summed E-state index contributed by atoms with van der Waals surface area (Å²) in [6.45, 7) is 7.57. The summed E-state index contributed by atoms with van der Waals surface area (Å²) >= 11 is 0. The van der Waals surface area contributed by atoms with E-state index in [1.165, 1.54) is 5.52 Å². The lowest BCUT2D eigenvalue weighted by molar-refractivity contribution is 0.0624. The Morgan fingerprint density at radius 1 is 1.29 bits per heavy atom. The number of ether oxygens (including phenoxy) is 1. The Balaban J connectivity index is 1.57. The van der Waals surface area contributed by atoms with E-state index in [1.807, 2.05) is 6.07 Å². The maximum atomic E-state index is 11.7. The Labute approximate surface area is 142 Å². The molecular weight excluding hydrogens is 304 g/mol. The predicted molar refractivity (Wildman–Crippen MR) is 91.9 cm³/mol. The molecule has 0 bridgehead atoms. The highest BCUT2D eigenvalue weighted by atomic mass is 16.6. The molecule has 1 unspecified atom stereocenters. The van der Waals surface area contributed by atoms with Crippen molar-refractivity contribution >= 4 is 17.1 Å². The van der Waals surface area contributed by atoms with E-state index in [0.29, 0.717) is 12.6 Å².